The van der Waals surface area contributed by atoms with E-state index in [2.05, 4.69) is 26.1 Å². The molecule has 0 aromatic heterocycles. The predicted octanol–water partition coefficient (Wildman–Crippen LogP) is 4.93. The Morgan fingerprint density at radius 2 is 1.50 bits per heavy atom. The van der Waals surface area contributed by atoms with Gasteiger partial charge < -0.3 is 5.32 Å². The Balaban J connectivity index is 2.19. The minimum atomic E-state index is -0.0537. The van der Waals surface area contributed by atoms with E-state index in [9.17, 15) is 4.39 Å². The standard InChI is InChI=1S/C18H30FN/c1-14-12-16(13-15(2)17(14)19)10-8-6-7-9-11-20-18(3,4)5/h12-13,20H,6-11H2,1-5H3. The molecule has 0 aliphatic heterocycles. The summed E-state index contributed by atoms with van der Waals surface area (Å²) in [6.07, 6.45) is 6.01. The molecule has 0 aliphatic carbocycles. The van der Waals surface area contributed by atoms with Gasteiger partial charge in [-0.25, -0.2) is 4.39 Å². The van der Waals surface area contributed by atoms with Crippen LogP contribution >= 0.6 is 0 Å². The predicted molar refractivity (Wildman–Crippen MR) is 85.8 cm³/mol. The first-order valence-electron chi connectivity index (χ1n) is 7.80. The molecule has 0 saturated heterocycles. The number of halogens is 1. The summed E-state index contributed by atoms with van der Waals surface area (Å²) in [6.45, 7) is 11.4. The molecule has 2 heteroatoms. The number of hydrogen-bond acceptors (Lipinski definition) is 1. The van der Waals surface area contributed by atoms with Crippen molar-refractivity contribution in [3.05, 3.63) is 34.6 Å². The SMILES string of the molecule is Cc1cc(CCCCCCNC(C)(C)C)cc(C)c1F. The highest BCUT2D eigenvalue weighted by atomic mass is 19.1. The van der Waals surface area contributed by atoms with E-state index >= 15 is 0 Å². The van der Waals surface area contributed by atoms with Gasteiger partial charge in [-0.05, 0) is 77.1 Å². The molecular weight excluding hydrogens is 249 g/mol. The van der Waals surface area contributed by atoms with Gasteiger partial charge in [0.1, 0.15) is 5.82 Å². The molecule has 0 amide bonds. The van der Waals surface area contributed by atoms with Gasteiger partial charge >= 0.3 is 0 Å². The average molecular weight is 279 g/mol. The molecule has 0 fully saturated rings. The van der Waals surface area contributed by atoms with E-state index in [-0.39, 0.29) is 11.4 Å². The lowest BCUT2D eigenvalue weighted by molar-refractivity contribution is 0.416. The third-order valence-electron chi connectivity index (χ3n) is 3.54. The molecule has 114 valence electrons. The second-order valence-corrected chi connectivity index (χ2v) is 6.88. The first kappa shape index (κ1) is 17.2. The van der Waals surface area contributed by atoms with Crippen molar-refractivity contribution in [2.45, 2.75) is 72.3 Å². The zero-order valence-corrected chi connectivity index (χ0v) is 13.8. The van der Waals surface area contributed by atoms with Crippen molar-refractivity contribution in [3.63, 3.8) is 0 Å². The van der Waals surface area contributed by atoms with E-state index in [0.29, 0.717) is 0 Å². The highest BCUT2D eigenvalue weighted by Crippen LogP contribution is 2.17. The van der Waals surface area contributed by atoms with Gasteiger partial charge in [0.05, 0.1) is 0 Å². The molecule has 0 bridgehead atoms. The first-order valence-corrected chi connectivity index (χ1v) is 7.80. The second kappa shape index (κ2) is 7.78. The number of rotatable bonds is 7. The molecule has 1 aromatic rings. The summed E-state index contributed by atoms with van der Waals surface area (Å²) in [7, 11) is 0. The quantitative estimate of drug-likeness (QED) is 0.698. The Kier molecular flexibility index (Phi) is 6.67. The zero-order valence-electron chi connectivity index (χ0n) is 13.8. The summed E-state index contributed by atoms with van der Waals surface area (Å²) in [5, 5.41) is 3.51. The van der Waals surface area contributed by atoms with E-state index in [1.54, 1.807) is 0 Å². The van der Waals surface area contributed by atoms with Crippen LogP contribution in [0.15, 0.2) is 12.1 Å². The van der Waals surface area contributed by atoms with Crippen LogP contribution in [0.2, 0.25) is 0 Å². The molecule has 20 heavy (non-hydrogen) atoms. The average Bonchev–Trinajstić information content (AvgIpc) is 2.33. The summed E-state index contributed by atoms with van der Waals surface area (Å²) in [6, 6.07) is 3.98. The van der Waals surface area contributed by atoms with Crippen molar-refractivity contribution in [2.75, 3.05) is 6.54 Å². The van der Waals surface area contributed by atoms with Gasteiger partial charge in [-0.1, -0.05) is 25.0 Å². The molecular formula is C18H30FN. The van der Waals surface area contributed by atoms with Gasteiger partial charge in [-0.15, -0.1) is 0 Å². The maximum atomic E-state index is 13.5. The molecule has 1 aromatic carbocycles. The monoisotopic (exact) mass is 279 g/mol. The van der Waals surface area contributed by atoms with Crippen LogP contribution in [0.5, 0.6) is 0 Å². The van der Waals surface area contributed by atoms with E-state index < -0.39 is 0 Å². The van der Waals surface area contributed by atoms with Crippen molar-refractivity contribution in [3.8, 4) is 0 Å². The van der Waals surface area contributed by atoms with E-state index in [1.165, 1.54) is 31.2 Å². The number of unbranched alkanes of at least 4 members (excludes halogenated alkanes) is 3. The largest absolute Gasteiger partial charge is 0.312 e. The van der Waals surface area contributed by atoms with Crippen molar-refractivity contribution in [1.29, 1.82) is 0 Å². The maximum absolute atomic E-state index is 13.5. The zero-order chi connectivity index (χ0) is 15.2. The fraction of sp³-hybridized carbons (Fsp3) is 0.667. The van der Waals surface area contributed by atoms with Gasteiger partial charge in [0.25, 0.3) is 0 Å². The Labute approximate surface area is 124 Å². The van der Waals surface area contributed by atoms with Crippen LogP contribution in [0.4, 0.5) is 4.39 Å². The topological polar surface area (TPSA) is 12.0 Å². The summed E-state index contributed by atoms with van der Waals surface area (Å²) >= 11 is 0. The smallest absolute Gasteiger partial charge is 0.129 e. The molecule has 0 unspecified atom stereocenters. The highest BCUT2D eigenvalue weighted by molar-refractivity contribution is 5.30. The van der Waals surface area contributed by atoms with Crippen molar-refractivity contribution >= 4 is 0 Å². The Morgan fingerprint density at radius 1 is 0.950 bits per heavy atom. The van der Waals surface area contributed by atoms with Crippen LogP contribution in [-0.2, 0) is 6.42 Å². The third kappa shape index (κ3) is 6.51. The number of benzene rings is 1. The Bertz CT molecular complexity index is 395. The van der Waals surface area contributed by atoms with E-state index in [4.69, 9.17) is 0 Å². The van der Waals surface area contributed by atoms with Crippen LogP contribution < -0.4 is 5.32 Å². The molecule has 1 N–H and O–H groups in total. The Morgan fingerprint density at radius 3 is 2.05 bits per heavy atom. The third-order valence-corrected chi connectivity index (χ3v) is 3.54. The van der Waals surface area contributed by atoms with Crippen LogP contribution in [0.3, 0.4) is 0 Å². The summed E-state index contributed by atoms with van der Waals surface area (Å²) in [5.74, 6) is -0.0537. The summed E-state index contributed by atoms with van der Waals surface area (Å²) in [4.78, 5) is 0. The summed E-state index contributed by atoms with van der Waals surface area (Å²) in [5.41, 5.74) is 3.04. The lowest BCUT2D eigenvalue weighted by Gasteiger charge is -2.20. The molecule has 0 radical (unpaired) electrons. The molecule has 1 rings (SSSR count). The molecule has 0 spiro atoms. The number of aryl methyl sites for hydroxylation is 3. The molecule has 0 heterocycles. The fourth-order valence-electron chi connectivity index (χ4n) is 2.45. The maximum Gasteiger partial charge on any atom is 0.129 e. The molecule has 0 saturated carbocycles. The van der Waals surface area contributed by atoms with Gasteiger partial charge in [0.2, 0.25) is 0 Å². The highest BCUT2D eigenvalue weighted by Gasteiger charge is 2.07. The lowest BCUT2D eigenvalue weighted by Crippen LogP contribution is -2.36. The lowest BCUT2D eigenvalue weighted by atomic mass is 10.0. The van der Waals surface area contributed by atoms with Crippen molar-refractivity contribution < 1.29 is 4.39 Å². The minimum absolute atomic E-state index is 0.0537. The van der Waals surface area contributed by atoms with E-state index in [1.807, 2.05) is 26.0 Å². The van der Waals surface area contributed by atoms with E-state index in [0.717, 1.165) is 24.1 Å². The molecule has 0 aliphatic rings. The van der Waals surface area contributed by atoms with Crippen LogP contribution in [0.1, 0.15) is 63.1 Å². The van der Waals surface area contributed by atoms with Crippen LogP contribution in [0, 0.1) is 19.7 Å². The Hall–Kier alpha value is -0.890. The number of nitrogens with one attached hydrogen (secondary N) is 1. The second-order valence-electron chi connectivity index (χ2n) is 6.88. The summed E-state index contributed by atoms with van der Waals surface area (Å²) < 4.78 is 13.5. The van der Waals surface area contributed by atoms with Gasteiger partial charge in [-0.3, -0.25) is 0 Å². The van der Waals surface area contributed by atoms with Crippen LogP contribution in [-0.4, -0.2) is 12.1 Å². The fourth-order valence-corrected chi connectivity index (χ4v) is 2.45. The van der Waals surface area contributed by atoms with Crippen LogP contribution in [0.25, 0.3) is 0 Å². The van der Waals surface area contributed by atoms with Gasteiger partial charge in [0.15, 0.2) is 0 Å². The number of hydrogen-bond donors (Lipinski definition) is 1. The van der Waals surface area contributed by atoms with Gasteiger partial charge in [0, 0.05) is 5.54 Å². The molecule has 1 nitrogen and oxygen atoms in total. The van der Waals surface area contributed by atoms with Crippen molar-refractivity contribution in [1.82, 2.24) is 5.32 Å². The first-order chi connectivity index (χ1) is 9.29. The van der Waals surface area contributed by atoms with Gasteiger partial charge in [-0.2, -0.15) is 0 Å². The molecule has 0 atom stereocenters. The van der Waals surface area contributed by atoms with Crippen molar-refractivity contribution in [2.24, 2.45) is 0 Å². The minimum Gasteiger partial charge on any atom is -0.312 e. The normalized spacial score (nSPS) is 11.9.